The number of rotatable bonds is 5. The minimum atomic E-state index is -0.386. The zero-order valence-electron chi connectivity index (χ0n) is 11.8. The lowest BCUT2D eigenvalue weighted by molar-refractivity contribution is 0.0692. The van der Waals surface area contributed by atoms with E-state index in [1.54, 1.807) is 23.1 Å². The fourth-order valence-corrected chi connectivity index (χ4v) is 2.23. The topological polar surface area (TPSA) is 57.7 Å². The summed E-state index contributed by atoms with van der Waals surface area (Å²) >= 11 is 0. The van der Waals surface area contributed by atoms with Crippen LogP contribution in [-0.2, 0) is 0 Å². The van der Waals surface area contributed by atoms with Crippen molar-refractivity contribution in [2.24, 2.45) is 0 Å². The van der Waals surface area contributed by atoms with Crippen LogP contribution >= 0.6 is 0 Å². The number of amides is 3. The number of hydrogen-bond acceptors (Lipinski definition) is 3. The maximum Gasteiger partial charge on any atom is 0.261 e. The van der Waals surface area contributed by atoms with Gasteiger partial charge in [0.05, 0.1) is 11.1 Å². The number of carbonyl (C=O) groups excluding carboxylic acids is 3. The van der Waals surface area contributed by atoms with Gasteiger partial charge in [0.1, 0.15) is 0 Å². The lowest BCUT2D eigenvalue weighted by Crippen LogP contribution is -2.31. The average molecular weight is 284 g/mol. The summed E-state index contributed by atoms with van der Waals surface area (Å²) in [5, 5.41) is 0. The van der Waals surface area contributed by atoms with Gasteiger partial charge in [-0.05, 0) is 18.2 Å². The Kier molecular flexibility index (Phi) is 4.03. The summed E-state index contributed by atoms with van der Waals surface area (Å²) in [4.78, 5) is 38.8. The van der Waals surface area contributed by atoms with Crippen LogP contribution in [0.4, 0.5) is 0 Å². The van der Waals surface area contributed by atoms with E-state index in [1.165, 1.54) is 19.2 Å². The van der Waals surface area contributed by atoms with Crippen molar-refractivity contribution in [3.8, 4) is 0 Å². The molecule has 0 saturated heterocycles. The number of benzene rings is 1. The summed E-state index contributed by atoms with van der Waals surface area (Å²) in [5.41, 5.74) is 0.970. The van der Waals surface area contributed by atoms with Crippen LogP contribution in [0.25, 0.3) is 0 Å². The zero-order chi connectivity index (χ0) is 15.6. The highest BCUT2D eigenvalue weighted by molar-refractivity contribution is 6.21. The van der Waals surface area contributed by atoms with Gasteiger partial charge in [-0.25, -0.2) is 0 Å². The summed E-state index contributed by atoms with van der Waals surface area (Å²) < 4.78 is 0. The third-order valence-corrected chi connectivity index (χ3v) is 3.32. The van der Waals surface area contributed by atoms with Crippen LogP contribution in [0.5, 0.6) is 0 Å². The predicted molar refractivity (Wildman–Crippen MR) is 79.2 cm³/mol. The third-order valence-electron chi connectivity index (χ3n) is 3.32. The molecule has 0 atom stereocenters. The Morgan fingerprint density at radius 3 is 2.29 bits per heavy atom. The number of nitrogens with zero attached hydrogens (tertiary/aromatic N) is 2. The second kappa shape index (κ2) is 5.75. The predicted octanol–water partition coefficient (Wildman–Crippen LogP) is 1.73. The number of fused-ring (bicyclic) bond motifs is 1. The molecule has 0 radical (unpaired) electrons. The summed E-state index contributed by atoms with van der Waals surface area (Å²) in [7, 11) is 1.42. The molecule has 108 valence electrons. The second-order valence-electron chi connectivity index (χ2n) is 4.72. The van der Waals surface area contributed by atoms with Gasteiger partial charge in [-0.2, -0.15) is 0 Å². The monoisotopic (exact) mass is 284 g/mol. The number of carbonyl (C=O) groups is 3. The van der Waals surface area contributed by atoms with Crippen molar-refractivity contribution in [1.82, 2.24) is 9.80 Å². The van der Waals surface area contributed by atoms with Gasteiger partial charge >= 0.3 is 0 Å². The van der Waals surface area contributed by atoms with Gasteiger partial charge in [0.2, 0.25) is 0 Å². The summed E-state index contributed by atoms with van der Waals surface area (Å²) in [5.74, 6) is -0.959. The molecule has 0 aromatic heterocycles. The van der Waals surface area contributed by atoms with Crippen molar-refractivity contribution < 1.29 is 14.4 Å². The maximum atomic E-state index is 12.4. The van der Waals surface area contributed by atoms with E-state index in [-0.39, 0.29) is 23.3 Å². The van der Waals surface area contributed by atoms with Crippen LogP contribution < -0.4 is 0 Å². The maximum absolute atomic E-state index is 12.4. The molecule has 0 N–H and O–H groups in total. The van der Waals surface area contributed by atoms with Gasteiger partial charge in [0.25, 0.3) is 17.7 Å². The molecule has 1 aliphatic rings. The Morgan fingerprint density at radius 1 is 1.14 bits per heavy atom. The Balaban J connectivity index is 2.37. The standard InChI is InChI=1S/C16H16N2O3/c1-4-8-18(9-5-2)14(19)11-6-7-12-13(10-11)16(21)17(3)15(12)20/h4-7,10H,1-2,8-9H2,3H3. The van der Waals surface area contributed by atoms with Crippen molar-refractivity contribution in [2.75, 3.05) is 20.1 Å². The SMILES string of the molecule is C=CCN(CC=C)C(=O)c1ccc2c(c1)C(=O)N(C)C2=O. The first kappa shape index (κ1) is 14.7. The van der Waals surface area contributed by atoms with Crippen LogP contribution in [-0.4, -0.2) is 47.7 Å². The molecular formula is C16H16N2O3. The summed E-state index contributed by atoms with van der Waals surface area (Å²) in [6.45, 7) is 8.00. The van der Waals surface area contributed by atoms with Gasteiger partial charge in [-0.1, -0.05) is 12.2 Å². The first-order valence-electron chi connectivity index (χ1n) is 6.48. The third kappa shape index (κ3) is 2.50. The van der Waals surface area contributed by atoms with Crippen molar-refractivity contribution in [2.45, 2.75) is 0 Å². The van der Waals surface area contributed by atoms with E-state index in [0.29, 0.717) is 24.2 Å². The zero-order valence-corrected chi connectivity index (χ0v) is 11.8. The van der Waals surface area contributed by atoms with Crippen molar-refractivity contribution in [3.05, 3.63) is 60.2 Å². The number of imide groups is 1. The molecule has 5 nitrogen and oxygen atoms in total. The van der Waals surface area contributed by atoms with Crippen molar-refractivity contribution in [3.63, 3.8) is 0 Å². The van der Waals surface area contributed by atoms with Crippen LogP contribution in [0.3, 0.4) is 0 Å². The largest absolute Gasteiger partial charge is 0.331 e. The number of hydrogen-bond donors (Lipinski definition) is 0. The molecule has 1 aromatic rings. The molecule has 21 heavy (non-hydrogen) atoms. The van der Waals surface area contributed by atoms with Crippen LogP contribution in [0.15, 0.2) is 43.5 Å². The first-order chi connectivity index (χ1) is 10.0. The molecule has 0 saturated carbocycles. The normalized spacial score (nSPS) is 13.1. The summed E-state index contributed by atoms with van der Waals surface area (Å²) in [6.07, 6.45) is 3.24. The smallest absolute Gasteiger partial charge is 0.261 e. The lowest BCUT2D eigenvalue weighted by Gasteiger charge is -2.19. The Labute approximate surface area is 123 Å². The van der Waals surface area contributed by atoms with Gasteiger partial charge in [0.15, 0.2) is 0 Å². The first-order valence-corrected chi connectivity index (χ1v) is 6.48. The van der Waals surface area contributed by atoms with Gasteiger partial charge < -0.3 is 4.90 Å². The Hall–Kier alpha value is -2.69. The van der Waals surface area contributed by atoms with Crippen molar-refractivity contribution >= 4 is 17.7 Å². The molecule has 1 heterocycles. The van der Waals surface area contributed by atoms with Gasteiger partial charge in [0, 0.05) is 25.7 Å². The van der Waals surface area contributed by atoms with E-state index in [1.807, 2.05) is 0 Å². The van der Waals surface area contributed by atoms with Crippen LogP contribution in [0, 0.1) is 0 Å². The molecule has 0 bridgehead atoms. The molecule has 1 aromatic carbocycles. The molecule has 0 unspecified atom stereocenters. The highest BCUT2D eigenvalue weighted by Gasteiger charge is 2.33. The molecule has 2 rings (SSSR count). The minimum absolute atomic E-state index is 0.229. The molecule has 3 amide bonds. The van der Waals surface area contributed by atoms with E-state index in [4.69, 9.17) is 0 Å². The van der Waals surface area contributed by atoms with Gasteiger partial charge in [-0.15, -0.1) is 13.2 Å². The molecule has 1 aliphatic heterocycles. The van der Waals surface area contributed by atoms with Crippen LogP contribution in [0.2, 0.25) is 0 Å². The van der Waals surface area contributed by atoms with E-state index in [0.717, 1.165) is 4.90 Å². The Bertz CT molecular complexity index is 639. The van der Waals surface area contributed by atoms with Crippen LogP contribution in [0.1, 0.15) is 31.1 Å². The second-order valence-corrected chi connectivity index (χ2v) is 4.72. The molecular weight excluding hydrogens is 268 g/mol. The fourth-order valence-electron chi connectivity index (χ4n) is 2.23. The average Bonchev–Trinajstić information content (AvgIpc) is 2.71. The van der Waals surface area contributed by atoms with E-state index < -0.39 is 0 Å². The highest BCUT2D eigenvalue weighted by Crippen LogP contribution is 2.23. The molecule has 5 heteroatoms. The van der Waals surface area contributed by atoms with E-state index in [2.05, 4.69) is 13.2 Å². The molecule has 0 spiro atoms. The van der Waals surface area contributed by atoms with Gasteiger partial charge in [-0.3, -0.25) is 19.3 Å². The highest BCUT2D eigenvalue weighted by atomic mass is 16.2. The van der Waals surface area contributed by atoms with E-state index >= 15 is 0 Å². The lowest BCUT2D eigenvalue weighted by atomic mass is 10.0. The Morgan fingerprint density at radius 2 is 1.71 bits per heavy atom. The quantitative estimate of drug-likeness (QED) is 0.611. The van der Waals surface area contributed by atoms with E-state index in [9.17, 15) is 14.4 Å². The van der Waals surface area contributed by atoms with Crippen molar-refractivity contribution in [1.29, 1.82) is 0 Å². The molecule has 0 fully saturated rings. The fraction of sp³-hybridized carbons (Fsp3) is 0.188. The summed E-state index contributed by atoms with van der Waals surface area (Å²) in [6, 6.07) is 4.55. The minimum Gasteiger partial charge on any atom is -0.331 e. The molecule has 0 aliphatic carbocycles.